The first-order valence-electron chi connectivity index (χ1n) is 6.79. The zero-order valence-corrected chi connectivity index (χ0v) is 13.1. The van der Waals surface area contributed by atoms with Gasteiger partial charge in [-0.15, -0.1) is 0 Å². The predicted molar refractivity (Wildman–Crippen MR) is 72.8 cm³/mol. The maximum Gasteiger partial charge on any atom is 0.413 e. The quantitative estimate of drug-likeness (QED) is 0.840. The normalized spacial score (nSPS) is 26.1. The zero-order chi connectivity index (χ0) is 15.1. The molecule has 0 aromatic carbocycles. The van der Waals surface area contributed by atoms with Gasteiger partial charge in [0, 0.05) is 0 Å². The number of hydrogen-bond acceptors (Lipinski definition) is 4. The van der Waals surface area contributed by atoms with Crippen molar-refractivity contribution in [2.24, 2.45) is 0 Å². The number of carbonyl (C=O) groups is 1. The van der Waals surface area contributed by atoms with Gasteiger partial charge in [0.15, 0.2) is 0 Å². The van der Waals surface area contributed by atoms with Crippen molar-refractivity contribution in [3.8, 4) is 0 Å². The molecule has 0 unspecified atom stereocenters. The van der Waals surface area contributed by atoms with Crippen molar-refractivity contribution in [2.45, 2.75) is 77.9 Å². The molecule has 1 N–H and O–H groups in total. The van der Waals surface area contributed by atoms with E-state index in [1.165, 1.54) is 4.90 Å². The van der Waals surface area contributed by atoms with Crippen LogP contribution in [0.3, 0.4) is 0 Å². The summed E-state index contributed by atoms with van der Waals surface area (Å²) in [6, 6.07) is -0.401. The van der Waals surface area contributed by atoms with Crippen LogP contribution in [0.1, 0.15) is 54.9 Å². The molecule has 1 heterocycles. The van der Waals surface area contributed by atoms with Gasteiger partial charge < -0.3 is 14.6 Å². The Morgan fingerprint density at radius 2 is 1.95 bits per heavy atom. The number of aliphatic hydroxyl groups is 1. The Labute approximate surface area is 115 Å². The zero-order valence-electron chi connectivity index (χ0n) is 13.1. The third-order valence-electron chi connectivity index (χ3n) is 3.51. The maximum absolute atomic E-state index is 12.4. The van der Waals surface area contributed by atoms with Gasteiger partial charge in [0.25, 0.3) is 0 Å². The molecule has 0 aliphatic carbocycles. The molecule has 0 radical (unpaired) electrons. The van der Waals surface area contributed by atoms with E-state index in [0.717, 1.165) is 0 Å². The van der Waals surface area contributed by atoms with E-state index in [1.54, 1.807) is 6.92 Å². The Bertz CT molecular complexity index is 344. The summed E-state index contributed by atoms with van der Waals surface area (Å²) in [5.41, 5.74) is -2.34. The fourth-order valence-corrected chi connectivity index (χ4v) is 2.15. The Kier molecular flexibility index (Phi) is 4.23. The summed E-state index contributed by atoms with van der Waals surface area (Å²) in [6.07, 6.45) is 0.0878. The Morgan fingerprint density at radius 3 is 2.37 bits per heavy atom. The van der Waals surface area contributed by atoms with Gasteiger partial charge in [-0.2, -0.15) is 0 Å². The average Bonchev–Trinajstić information content (AvgIpc) is 2.52. The average molecular weight is 273 g/mol. The number of ether oxygens (including phenoxy) is 2. The van der Waals surface area contributed by atoms with Gasteiger partial charge in [0.2, 0.25) is 0 Å². The second-order valence-electron chi connectivity index (χ2n) is 6.83. The molecule has 1 aliphatic heterocycles. The van der Waals surface area contributed by atoms with Crippen LogP contribution in [-0.4, -0.2) is 45.7 Å². The minimum atomic E-state index is -0.995. The number of rotatable bonds is 2. The largest absolute Gasteiger partial charge is 0.444 e. The van der Waals surface area contributed by atoms with Crippen molar-refractivity contribution in [3.63, 3.8) is 0 Å². The summed E-state index contributed by atoms with van der Waals surface area (Å²) in [5.74, 6) is 0. The Morgan fingerprint density at radius 1 is 1.42 bits per heavy atom. The number of hydrogen-bond donors (Lipinski definition) is 1. The van der Waals surface area contributed by atoms with Crippen LogP contribution in [0.4, 0.5) is 4.79 Å². The first-order chi connectivity index (χ1) is 8.41. The topological polar surface area (TPSA) is 59.0 Å². The van der Waals surface area contributed by atoms with Crippen molar-refractivity contribution >= 4 is 6.09 Å². The molecule has 2 atom stereocenters. The fourth-order valence-electron chi connectivity index (χ4n) is 2.15. The summed E-state index contributed by atoms with van der Waals surface area (Å²) in [7, 11) is 0. The third-order valence-corrected chi connectivity index (χ3v) is 3.51. The molecule has 1 aliphatic rings. The van der Waals surface area contributed by atoms with Crippen LogP contribution < -0.4 is 0 Å². The van der Waals surface area contributed by atoms with Crippen LogP contribution in [0, 0.1) is 0 Å². The molecule has 0 spiro atoms. The Balaban J connectivity index is 3.00. The third kappa shape index (κ3) is 3.60. The lowest BCUT2D eigenvalue weighted by molar-refractivity contribution is -0.0791. The lowest BCUT2D eigenvalue weighted by Gasteiger charge is -2.39. The molecule has 1 amide bonds. The lowest BCUT2D eigenvalue weighted by Crippen LogP contribution is -2.57. The molecule has 5 heteroatoms. The van der Waals surface area contributed by atoms with Gasteiger partial charge in [-0.25, -0.2) is 4.79 Å². The minimum Gasteiger partial charge on any atom is -0.444 e. The highest BCUT2D eigenvalue weighted by atomic mass is 16.6. The maximum atomic E-state index is 12.4. The van der Waals surface area contributed by atoms with E-state index >= 15 is 0 Å². The first kappa shape index (κ1) is 16.2. The highest BCUT2D eigenvalue weighted by molar-refractivity contribution is 5.70. The second kappa shape index (κ2) is 4.94. The van der Waals surface area contributed by atoms with Gasteiger partial charge in [0.05, 0.1) is 18.2 Å². The van der Waals surface area contributed by atoms with Crippen LogP contribution in [0.15, 0.2) is 0 Å². The van der Waals surface area contributed by atoms with E-state index in [9.17, 15) is 9.90 Å². The second-order valence-corrected chi connectivity index (χ2v) is 6.83. The van der Waals surface area contributed by atoms with Crippen LogP contribution in [0.5, 0.6) is 0 Å². The molecule has 0 bridgehead atoms. The highest BCUT2D eigenvalue weighted by Crippen LogP contribution is 2.35. The molecule has 5 nitrogen and oxygen atoms in total. The summed E-state index contributed by atoms with van der Waals surface area (Å²) in [4.78, 5) is 13.9. The smallest absolute Gasteiger partial charge is 0.413 e. The monoisotopic (exact) mass is 273 g/mol. The van der Waals surface area contributed by atoms with Crippen molar-refractivity contribution in [3.05, 3.63) is 0 Å². The number of amides is 1. The van der Waals surface area contributed by atoms with Crippen LogP contribution >= 0.6 is 0 Å². The molecular formula is C14H27NO4. The van der Waals surface area contributed by atoms with Gasteiger partial charge in [-0.1, -0.05) is 6.92 Å². The first-order valence-corrected chi connectivity index (χ1v) is 6.79. The van der Waals surface area contributed by atoms with Crippen LogP contribution in [0.25, 0.3) is 0 Å². The number of carbonyl (C=O) groups excluding carboxylic acids is 1. The van der Waals surface area contributed by atoms with Gasteiger partial charge >= 0.3 is 6.09 Å². The van der Waals surface area contributed by atoms with Crippen LogP contribution in [0.2, 0.25) is 0 Å². The van der Waals surface area contributed by atoms with Crippen molar-refractivity contribution in [1.82, 2.24) is 4.90 Å². The molecule has 0 aromatic rings. The van der Waals surface area contributed by atoms with E-state index in [4.69, 9.17) is 9.47 Å². The van der Waals surface area contributed by atoms with E-state index < -0.39 is 29.1 Å². The molecule has 1 rings (SSSR count). The minimum absolute atomic E-state index is 0.313. The standard InChI is InChI=1S/C14H27NO4/c1-8-14(7,17)10-9-18-13(5,6)15(10)11(16)19-12(2,3)4/h10,17H,8-9H2,1-7H3/t10-,14-/m1/s1. The van der Waals surface area contributed by atoms with E-state index in [-0.39, 0.29) is 0 Å². The predicted octanol–water partition coefficient (Wildman–Crippen LogP) is 2.52. The van der Waals surface area contributed by atoms with Gasteiger partial charge in [-0.05, 0) is 48.0 Å². The van der Waals surface area contributed by atoms with Gasteiger partial charge in [0.1, 0.15) is 11.3 Å². The molecule has 1 fully saturated rings. The fraction of sp³-hybridized carbons (Fsp3) is 0.929. The number of nitrogens with zero attached hydrogens (tertiary/aromatic N) is 1. The van der Waals surface area contributed by atoms with Crippen molar-refractivity contribution in [1.29, 1.82) is 0 Å². The van der Waals surface area contributed by atoms with Crippen LogP contribution in [-0.2, 0) is 9.47 Å². The summed E-state index contributed by atoms with van der Waals surface area (Å²) in [5, 5.41) is 10.4. The molecule has 0 aromatic heterocycles. The SMILES string of the molecule is CC[C@@](C)(O)[C@H]1COC(C)(C)N1C(=O)OC(C)(C)C. The lowest BCUT2D eigenvalue weighted by atomic mass is 9.93. The van der Waals surface area contributed by atoms with E-state index in [2.05, 4.69) is 0 Å². The molecule has 0 saturated carbocycles. The van der Waals surface area contributed by atoms with Crippen molar-refractivity contribution in [2.75, 3.05) is 6.61 Å². The van der Waals surface area contributed by atoms with Gasteiger partial charge in [-0.3, -0.25) is 4.90 Å². The molecule has 112 valence electrons. The summed E-state index contributed by atoms with van der Waals surface area (Å²) >= 11 is 0. The summed E-state index contributed by atoms with van der Waals surface area (Å²) < 4.78 is 11.1. The highest BCUT2D eigenvalue weighted by Gasteiger charge is 2.51. The Hall–Kier alpha value is -0.810. The summed E-state index contributed by atoms with van der Waals surface area (Å²) in [6.45, 7) is 13.0. The molecule has 19 heavy (non-hydrogen) atoms. The van der Waals surface area contributed by atoms with E-state index in [1.807, 2.05) is 41.5 Å². The van der Waals surface area contributed by atoms with Crippen molar-refractivity contribution < 1.29 is 19.4 Å². The van der Waals surface area contributed by atoms with E-state index in [0.29, 0.717) is 13.0 Å². The molecular weight excluding hydrogens is 246 g/mol. The molecule has 1 saturated heterocycles.